The Morgan fingerprint density at radius 2 is 0.683 bits per heavy atom. The smallest absolute Gasteiger partial charge is 0.397 e. The summed E-state index contributed by atoms with van der Waals surface area (Å²) < 4.78 is 77.2. The van der Waals surface area contributed by atoms with Crippen LogP contribution >= 0.6 is 63.7 Å². The lowest BCUT2D eigenvalue weighted by Gasteiger charge is -2.28. The fourth-order valence-corrected chi connectivity index (χ4v) is 11.9. The van der Waals surface area contributed by atoms with E-state index < -0.39 is 122 Å². The molecule has 60 heavy (non-hydrogen) atoms. The van der Waals surface area contributed by atoms with E-state index in [2.05, 4.69) is 63.7 Å². The summed E-state index contributed by atoms with van der Waals surface area (Å²) in [7, 11) is -10.2. The summed E-state index contributed by atoms with van der Waals surface area (Å²) in [5, 5.41) is 68.0. The molecule has 22 heteroatoms. The van der Waals surface area contributed by atoms with Crippen LogP contribution in [0, 0.1) is 0 Å². The summed E-state index contributed by atoms with van der Waals surface area (Å²) in [5.41, 5.74) is -1.94. The van der Waals surface area contributed by atoms with Crippen molar-refractivity contribution in [2.75, 3.05) is 0 Å². The van der Waals surface area contributed by atoms with E-state index in [4.69, 9.17) is 8.37 Å². The first-order valence-electron chi connectivity index (χ1n) is 17.8. The van der Waals surface area contributed by atoms with Gasteiger partial charge in [0.1, 0.15) is 43.4 Å². The van der Waals surface area contributed by atoms with E-state index in [9.17, 15) is 66.2 Å². The van der Waals surface area contributed by atoms with Crippen LogP contribution in [0.3, 0.4) is 0 Å². The number of halogens is 4. The fraction of sp³-hybridized carbons (Fsp3) is 0.263. The Balaban J connectivity index is 1.81. The maximum absolute atomic E-state index is 15.0. The summed E-state index contributed by atoms with van der Waals surface area (Å²) in [4.78, 5) is 29.9. The minimum atomic E-state index is -5.10. The molecule has 8 aromatic carbocycles. The minimum Gasteiger partial charge on any atom is -0.506 e. The van der Waals surface area contributed by atoms with E-state index in [-0.39, 0.29) is 86.8 Å². The highest BCUT2D eigenvalue weighted by atomic mass is 79.9. The third-order valence-electron chi connectivity index (χ3n) is 11.1. The van der Waals surface area contributed by atoms with Gasteiger partial charge < -0.3 is 30.6 Å². The van der Waals surface area contributed by atoms with Gasteiger partial charge in [0.2, 0.25) is 10.9 Å². The van der Waals surface area contributed by atoms with E-state index in [0.717, 1.165) is 0 Å². The molecule has 0 bridgehead atoms. The molecule has 316 valence electrons. The summed E-state index contributed by atoms with van der Waals surface area (Å²) in [6.45, 7) is 3.41. The van der Waals surface area contributed by atoms with Crippen LogP contribution < -0.4 is 10.9 Å². The molecule has 8 N–H and O–H groups in total. The maximum atomic E-state index is 15.0. The van der Waals surface area contributed by atoms with Gasteiger partial charge in [-0.3, -0.25) is 18.7 Å². The molecule has 0 aliphatic heterocycles. The number of rotatable bonds is 12. The van der Waals surface area contributed by atoms with Crippen molar-refractivity contribution in [3.05, 3.63) is 49.5 Å². The molecular formula is C38H28Br4O16S2. The number of hydrogen-bond donors (Lipinski definition) is 8. The number of phenols is 6. The molecule has 2 atom stereocenters. The van der Waals surface area contributed by atoms with E-state index in [1.807, 2.05) is 0 Å². The summed E-state index contributed by atoms with van der Waals surface area (Å²) in [6.07, 6.45) is -2.90. The van der Waals surface area contributed by atoms with E-state index in [0.29, 0.717) is 12.8 Å². The third kappa shape index (κ3) is 6.03. The number of phenolic OH excluding ortho intramolecular Hbond substituents is 6. The van der Waals surface area contributed by atoms with Crippen LogP contribution in [0.15, 0.2) is 27.5 Å². The Morgan fingerprint density at radius 3 is 0.967 bits per heavy atom. The van der Waals surface area contributed by atoms with E-state index >= 15 is 0 Å². The average Bonchev–Trinajstić information content (AvgIpc) is 3.14. The zero-order chi connectivity index (χ0) is 44.0. The van der Waals surface area contributed by atoms with Crippen molar-refractivity contribution in [1.29, 1.82) is 0 Å². The zero-order valence-electron chi connectivity index (χ0n) is 30.6. The van der Waals surface area contributed by atoms with Crippen molar-refractivity contribution < 1.29 is 64.9 Å². The standard InChI is InChI=1S/C38H28Br4O16S2/c1-3-5-9(57-59(51,52)53)7-11-13-14-12(8-10(6-4-2)58-60(54,55)56)28(40)36(48)24-16(14)18-17-15(13)23(35(47)27(11)39)31(43)25-19(17)21(33(45)29(41)37(25)49)22-20(18)26(32(24)44)38(50)30(42)34(22)46/h9-10,45-50H,3-8H2,1-2H3,(H,51,52,53)(H,54,55,56)/t9-,10-/m0/s1. The highest BCUT2D eigenvalue weighted by Gasteiger charge is 2.38. The first kappa shape index (κ1) is 43.1. The van der Waals surface area contributed by atoms with Gasteiger partial charge in [-0.25, -0.2) is 8.37 Å². The molecule has 8 aromatic rings. The topological polar surface area (TPSA) is 283 Å². The fourth-order valence-electron chi connectivity index (χ4n) is 9.02. The molecule has 0 aromatic heterocycles. The molecule has 0 fully saturated rings. The molecule has 16 nitrogen and oxygen atoms in total. The Labute approximate surface area is 370 Å². The monoisotopic (exact) mass is 1120 g/mol. The van der Waals surface area contributed by atoms with Crippen molar-refractivity contribution in [2.45, 2.75) is 64.6 Å². The first-order chi connectivity index (χ1) is 28.0. The second-order valence-electron chi connectivity index (χ2n) is 14.5. The molecule has 0 aliphatic rings. The quantitative estimate of drug-likeness (QED) is 0.0323. The van der Waals surface area contributed by atoms with E-state index in [1.54, 1.807) is 13.8 Å². The minimum absolute atomic E-state index is 0.000348. The zero-order valence-corrected chi connectivity index (χ0v) is 38.5. The van der Waals surface area contributed by atoms with Crippen LogP contribution in [0.1, 0.15) is 50.7 Å². The molecule has 0 amide bonds. The average molecular weight is 1120 g/mol. The van der Waals surface area contributed by atoms with Crippen LogP contribution in [-0.4, -0.2) is 68.8 Å². The molecular weight excluding hydrogens is 1100 g/mol. The lowest BCUT2D eigenvalue weighted by molar-refractivity contribution is 0.170. The molecule has 8 rings (SSSR count). The normalized spacial score (nSPS) is 14.2. The van der Waals surface area contributed by atoms with Gasteiger partial charge in [0.05, 0.1) is 42.7 Å². The largest absolute Gasteiger partial charge is 0.506 e. The van der Waals surface area contributed by atoms with Crippen LogP contribution in [0.25, 0.3) is 75.4 Å². The van der Waals surface area contributed by atoms with Crippen molar-refractivity contribution in [2.24, 2.45) is 0 Å². The second-order valence-corrected chi connectivity index (χ2v) is 19.8. The van der Waals surface area contributed by atoms with Crippen LogP contribution in [0.2, 0.25) is 0 Å². The number of hydrogen-bond acceptors (Lipinski definition) is 14. The van der Waals surface area contributed by atoms with Crippen molar-refractivity contribution >= 4 is 160 Å². The van der Waals surface area contributed by atoms with Crippen molar-refractivity contribution in [3.8, 4) is 34.5 Å². The number of fused-ring (bicyclic) bond motifs is 2. The van der Waals surface area contributed by atoms with Gasteiger partial charge in [0.25, 0.3) is 0 Å². The van der Waals surface area contributed by atoms with E-state index in [1.165, 1.54) is 0 Å². The molecule has 0 aliphatic carbocycles. The lowest BCUT2D eigenvalue weighted by Crippen LogP contribution is -2.22. The first-order valence-corrected chi connectivity index (χ1v) is 23.7. The molecule has 0 heterocycles. The van der Waals surface area contributed by atoms with Crippen LogP contribution in [0.4, 0.5) is 0 Å². The number of benzene rings is 8. The lowest BCUT2D eigenvalue weighted by atomic mass is 9.76. The van der Waals surface area contributed by atoms with Gasteiger partial charge in [0.15, 0.2) is 0 Å². The summed E-state index contributed by atoms with van der Waals surface area (Å²) >= 11 is 13.1. The third-order valence-corrected chi connectivity index (χ3v) is 15.3. The summed E-state index contributed by atoms with van der Waals surface area (Å²) in [5.74, 6) is -4.37. The van der Waals surface area contributed by atoms with Crippen LogP contribution in [-0.2, 0) is 42.0 Å². The molecule has 0 saturated heterocycles. The van der Waals surface area contributed by atoms with Gasteiger partial charge >= 0.3 is 20.8 Å². The van der Waals surface area contributed by atoms with Gasteiger partial charge in [0, 0.05) is 55.9 Å². The van der Waals surface area contributed by atoms with Crippen molar-refractivity contribution in [3.63, 3.8) is 0 Å². The highest BCUT2D eigenvalue weighted by molar-refractivity contribution is 9.11. The molecule has 0 radical (unpaired) electrons. The predicted molar refractivity (Wildman–Crippen MR) is 237 cm³/mol. The Hall–Kier alpha value is -3.58. The van der Waals surface area contributed by atoms with Crippen molar-refractivity contribution in [1.82, 2.24) is 0 Å². The highest BCUT2D eigenvalue weighted by Crippen LogP contribution is 2.61. The molecule has 0 spiro atoms. The summed E-state index contributed by atoms with van der Waals surface area (Å²) in [6, 6.07) is 0. The maximum Gasteiger partial charge on any atom is 0.397 e. The van der Waals surface area contributed by atoms with Gasteiger partial charge in [-0.15, -0.1) is 0 Å². The van der Waals surface area contributed by atoms with Crippen LogP contribution in [0.5, 0.6) is 34.5 Å². The van der Waals surface area contributed by atoms with Gasteiger partial charge in [-0.2, -0.15) is 16.8 Å². The number of aromatic hydroxyl groups is 6. The van der Waals surface area contributed by atoms with Gasteiger partial charge in [-0.05, 0) is 98.5 Å². The molecule has 0 unspecified atom stereocenters. The molecule has 0 saturated carbocycles. The Bertz CT molecular complexity index is 3300. The predicted octanol–water partition coefficient (Wildman–Crippen LogP) is 8.58. The second kappa shape index (κ2) is 14.5. The van der Waals surface area contributed by atoms with Gasteiger partial charge in [-0.1, -0.05) is 26.7 Å². The Morgan fingerprint density at radius 1 is 0.433 bits per heavy atom. The Kier molecular flexibility index (Phi) is 10.4. The SMILES string of the molecule is CCC[C@@H](Cc1c(Br)c(O)c2c(=O)c3c(O)c(Br)c(O)c4c5c(O)c(Br)c(O)c6c(=O)c7c(O)c(Br)c(C[C@H](CCC)OS(=O)(=O)O)c8c1c2c(c34)c(c65)c78)OS(=O)(=O)O.